The summed E-state index contributed by atoms with van der Waals surface area (Å²) in [7, 11) is 3.53. The summed E-state index contributed by atoms with van der Waals surface area (Å²) in [6.07, 6.45) is 15.5. The van der Waals surface area contributed by atoms with Crippen LogP contribution < -0.4 is 0 Å². The van der Waals surface area contributed by atoms with E-state index in [0.29, 0.717) is 19.8 Å². The van der Waals surface area contributed by atoms with Gasteiger partial charge < -0.3 is 14.2 Å². The maximum absolute atomic E-state index is 5.76. The molecule has 0 rings (SSSR count). The molecule has 0 atom stereocenters. The van der Waals surface area contributed by atoms with E-state index in [1.54, 1.807) is 0 Å². The molecule has 0 aromatic rings. The van der Waals surface area contributed by atoms with Crippen LogP contribution in [0.4, 0.5) is 0 Å². The molecule has 0 aliphatic rings. The lowest BCUT2D eigenvalue weighted by Gasteiger charge is -2.32. The van der Waals surface area contributed by atoms with E-state index in [-0.39, 0.29) is 0 Å². The Morgan fingerprint density at radius 1 is 0.542 bits per heavy atom. The highest BCUT2D eigenvalue weighted by atomic mass is 28.1. The Morgan fingerprint density at radius 2 is 0.875 bits per heavy atom. The van der Waals surface area contributed by atoms with Crippen LogP contribution in [0.2, 0.25) is 6.04 Å². The first kappa shape index (κ1) is 24.1. The van der Waals surface area contributed by atoms with Gasteiger partial charge in [0, 0.05) is 36.5 Å². The molecule has 0 aliphatic heterocycles. The zero-order valence-electron chi connectivity index (χ0n) is 16.5. The molecule has 0 saturated heterocycles. The molecule has 0 bridgehead atoms. The van der Waals surface area contributed by atoms with E-state index in [1.807, 2.05) is 20.8 Å². The van der Waals surface area contributed by atoms with Crippen molar-refractivity contribution in [1.82, 2.24) is 0 Å². The first-order chi connectivity index (χ1) is 11.7. The summed E-state index contributed by atoms with van der Waals surface area (Å²) < 4.78 is 17.3. The highest BCUT2D eigenvalue weighted by Gasteiger charge is 2.31. The van der Waals surface area contributed by atoms with Gasteiger partial charge in [-0.05, 0) is 27.2 Å². The smallest absolute Gasteiger partial charge is 0.282 e. The van der Waals surface area contributed by atoms with Crippen molar-refractivity contribution in [2.24, 2.45) is 0 Å². The largest absolute Gasteiger partial charge is 0.328 e. The van der Waals surface area contributed by atoms with Crippen LogP contribution in [-0.2, 0) is 14.2 Å². The van der Waals surface area contributed by atoms with Gasteiger partial charge in [0.15, 0.2) is 0 Å². The molecule has 0 aromatic carbocycles. The first-order valence-electron chi connectivity index (χ1n) is 10.3. The van der Waals surface area contributed by atoms with E-state index < -0.39 is 5.97 Å². The average molecular weight is 358 g/mol. The molecule has 0 heterocycles. The summed E-state index contributed by atoms with van der Waals surface area (Å²) in [6.45, 7) is 7.84. The molecule has 0 spiro atoms. The molecule has 4 heteroatoms. The molecule has 0 amide bonds. The lowest BCUT2D eigenvalue weighted by atomic mass is 10.0. The lowest BCUT2D eigenvalue weighted by molar-refractivity contribution is -0.380. The summed E-state index contributed by atoms with van der Waals surface area (Å²) in [5, 5.41) is 0. The second-order valence-corrected chi connectivity index (χ2v) is 6.87. The third-order valence-corrected chi connectivity index (χ3v) is 4.61. The van der Waals surface area contributed by atoms with E-state index in [0.717, 1.165) is 18.9 Å². The van der Waals surface area contributed by atoms with Crippen molar-refractivity contribution in [2.45, 2.75) is 110 Å². The van der Waals surface area contributed by atoms with Gasteiger partial charge >= 0.3 is 0 Å². The van der Waals surface area contributed by atoms with Gasteiger partial charge in [0.05, 0.1) is 0 Å². The normalized spacial score (nSPS) is 12.0. The van der Waals surface area contributed by atoms with Crippen LogP contribution in [0.5, 0.6) is 0 Å². The van der Waals surface area contributed by atoms with Gasteiger partial charge in [-0.15, -0.1) is 0 Å². The van der Waals surface area contributed by atoms with Crippen LogP contribution >= 0.6 is 0 Å². The molecule has 143 valence electrons. The fourth-order valence-corrected chi connectivity index (χ4v) is 3.31. The molecule has 3 nitrogen and oxygen atoms in total. The topological polar surface area (TPSA) is 27.7 Å². The van der Waals surface area contributed by atoms with E-state index >= 15 is 0 Å². The third kappa shape index (κ3) is 13.4. The number of unbranched alkanes of at least 4 members (excludes halogenated alkanes) is 10. The fraction of sp³-hybridized carbons (Fsp3) is 1.00. The van der Waals surface area contributed by atoms with Gasteiger partial charge in [-0.1, -0.05) is 70.3 Å². The molecule has 0 aromatic heterocycles. The van der Waals surface area contributed by atoms with Gasteiger partial charge in [-0.2, -0.15) is 0 Å². The van der Waals surface area contributed by atoms with Crippen molar-refractivity contribution in [3.8, 4) is 0 Å². The molecule has 0 saturated carbocycles. The molecular formula is C20H41O3Si. The average Bonchev–Trinajstić information content (AvgIpc) is 2.56. The second-order valence-electron chi connectivity index (χ2n) is 6.37. The molecule has 0 aliphatic carbocycles. The minimum absolute atomic E-state index is 0.621. The first-order valence-corrected chi connectivity index (χ1v) is 11.0. The summed E-state index contributed by atoms with van der Waals surface area (Å²) in [5.41, 5.74) is 0. The van der Waals surface area contributed by atoms with Crippen LogP contribution in [0.25, 0.3) is 0 Å². The molecule has 0 unspecified atom stereocenters. The number of hydrogen-bond acceptors (Lipinski definition) is 3. The molecular weight excluding hydrogens is 316 g/mol. The third-order valence-electron chi connectivity index (χ3n) is 4.25. The van der Waals surface area contributed by atoms with E-state index in [1.165, 1.54) is 64.2 Å². The Balaban J connectivity index is 3.60. The van der Waals surface area contributed by atoms with E-state index in [9.17, 15) is 0 Å². The van der Waals surface area contributed by atoms with Crippen molar-refractivity contribution in [3.05, 3.63) is 0 Å². The summed E-state index contributed by atoms with van der Waals surface area (Å²) in [5.74, 6) is -0.812. The number of hydrogen-bond donors (Lipinski definition) is 0. The Hall–Kier alpha value is 0.0969. The van der Waals surface area contributed by atoms with Crippen LogP contribution in [0.3, 0.4) is 0 Å². The van der Waals surface area contributed by atoms with Gasteiger partial charge in [0.25, 0.3) is 5.97 Å². The Morgan fingerprint density at radius 3 is 1.21 bits per heavy atom. The zero-order chi connectivity index (χ0) is 17.9. The van der Waals surface area contributed by atoms with Crippen molar-refractivity contribution in [1.29, 1.82) is 0 Å². The van der Waals surface area contributed by atoms with Crippen molar-refractivity contribution in [3.63, 3.8) is 0 Å². The monoisotopic (exact) mass is 357 g/mol. The SMILES string of the molecule is CCOC(CCCCCCCCCCCCC[Si])(OCC)OCC. The van der Waals surface area contributed by atoms with Gasteiger partial charge in [-0.25, -0.2) is 0 Å². The van der Waals surface area contributed by atoms with Crippen LogP contribution in [-0.4, -0.2) is 36.0 Å². The minimum Gasteiger partial charge on any atom is -0.328 e. The highest BCUT2D eigenvalue weighted by molar-refractivity contribution is 6.08. The standard InChI is InChI=1S/C20H41O3Si/c1-4-21-20(22-5-2,23-6-3)18-16-14-12-10-8-7-9-11-13-15-17-19-24/h4-19H2,1-3H3. The Bertz CT molecular complexity index is 232. The van der Waals surface area contributed by atoms with Crippen LogP contribution in [0, 0.1) is 0 Å². The molecule has 24 heavy (non-hydrogen) atoms. The zero-order valence-corrected chi connectivity index (χ0v) is 17.5. The van der Waals surface area contributed by atoms with Gasteiger partial charge in [-0.3, -0.25) is 0 Å². The van der Waals surface area contributed by atoms with Crippen LogP contribution in [0.1, 0.15) is 97.8 Å². The molecule has 0 N–H and O–H groups in total. The summed E-state index contributed by atoms with van der Waals surface area (Å²) >= 11 is 0. The van der Waals surface area contributed by atoms with Crippen molar-refractivity contribution < 1.29 is 14.2 Å². The second kappa shape index (κ2) is 17.9. The van der Waals surface area contributed by atoms with E-state index in [4.69, 9.17) is 14.2 Å². The quantitative estimate of drug-likeness (QED) is 0.161. The van der Waals surface area contributed by atoms with E-state index in [2.05, 4.69) is 10.2 Å². The maximum atomic E-state index is 5.76. The van der Waals surface area contributed by atoms with Gasteiger partial charge in [0.1, 0.15) is 0 Å². The Kier molecular flexibility index (Phi) is 18.0. The lowest BCUT2D eigenvalue weighted by Crippen LogP contribution is -2.39. The number of rotatable bonds is 19. The van der Waals surface area contributed by atoms with Gasteiger partial charge in [0.2, 0.25) is 0 Å². The molecule has 3 radical (unpaired) electrons. The minimum atomic E-state index is -0.812. The van der Waals surface area contributed by atoms with Crippen molar-refractivity contribution in [2.75, 3.05) is 19.8 Å². The number of ether oxygens (including phenoxy) is 3. The maximum Gasteiger partial charge on any atom is 0.282 e. The fourth-order valence-electron chi connectivity index (χ4n) is 3.06. The highest BCUT2D eigenvalue weighted by Crippen LogP contribution is 2.24. The predicted molar refractivity (Wildman–Crippen MR) is 104 cm³/mol. The van der Waals surface area contributed by atoms with Crippen molar-refractivity contribution >= 4 is 10.2 Å². The summed E-state index contributed by atoms with van der Waals surface area (Å²) in [4.78, 5) is 0. The predicted octanol–water partition coefficient (Wildman–Crippen LogP) is 6.02. The Labute approximate surface area is 154 Å². The van der Waals surface area contributed by atoms with Crippen LogP contribution in [0.15, 0.2) is 0 Å². The summed E-state index contributed by atoms with van der Waals surface area (Å²) in [6, 6.07) is 1.15. The molecule has 0 fully saturated rings.